The fourth-order valence-corrected chi connectivity index (χ4v) is 0.622. The molecule has 0 spiro atoms. The molecule has 0 aromatic carbocycles. The Morgan fingerprint density at radius 3 is 2.67 bits per heavy atom. The first-order valence-corrected chi connectivity index (χ1v) is 2.04. The first-order chi connectivity index (χ1) is 2.97. The Bertz CT molecular complexity index is 120. The zero-order valence-electron chi connectivity index (χ0n) is 3.31. The Labute approximate surface area is 34.6 Å². The number of hydrogen-bond donors (Lipinski definition) is 2. The average Bonchev–Trinajstić information content (AvgIpc) is 2.17. The van der Waals surface area contributed by atoms with Gasteiger partial charge in [-0.15, -0.1) is 4.91 Å². The Morgan fingerprint density at radius 2 is 2.50 bits per heavy atom. The van der Waals surface area contributed by atoms with Gasteiger partial charge in [0, 0.05) is 0 Å². The molecule has 0 saturated carbocycles. The van der Waals surface area contributed by atoms with Gasteiger partial charge in [0.05, 0.1) is 13.1 Å². The second-order valence-corrected chi connectivity index (χ2v) is 1.44. The highest BCUT2D eigenvalue weighted by atomic mass is 16.0. The molecule has 2 N–H and O–H groups in total. The van der Waals surface area contributed by atoms with Crippen molar-refractivity contribution in [3.05, 3.63) is 0 Å². The number of hydrogen-bond acceptors (Lipinski definition) is 1. The van der Waals surface area contributed by atoms with Gasteiger partial charge in [-0.2, -0.15) is 10.0 Å². The molecule has 0 unspecified atom stereocenters. The number of H-pyrrole nitrogens is 1. The van der Waals surface area contributed by atoms with Gasteiger partial charge in [-0.25, -0.2) is 0 Å². The maximum absolute atomic E-state index is 3.04. The predicted octanol–water partition coefficient (Wildman–Crippen LogP) is -0.825. The standard InChI is InChI=1S/C2H6N4/c1-2-5-4-6(5)3-1/h3-4H,1-2H2. The molecule has 6 heavy (non-hydrogen) atoms. The van der Waals surface area contributed by atoms with Gasteiger partial charge in [0.1, 0.15) is 0 Å². The monoisotopic (exact) mass is 86.1 g/mol. The van der Waals surface area contributed by atoms with E-state index in [1.54, 1.807) is 0 Å². The van der Waals surface area contributed by atoms with Crippen LogP contribution in [0.15, 0.2) is 0 Å². The molecule has 0 radical (unpaired) electrons. The van der Waals surface area contributed by atoms with E-state index in [1.807, 2.05) is 9.70 Å². The topological polar surface area (TPSA) is 37.7 Å². The van der Waals surface area contributed by atoms with Gasteiger partial charge in [-0.05, 0) is 0 Å². The van der Waals surface area contributed by atoms with Crippen molar-refractivity contribution in [2.75, 3.05) is 12.0 Å². The summed E-state index contributed by atoms with van der Waals surface area (Å²) in [5, 5.41) is 2.92. The van der Waals surface area contributed by atoms with E-state index in [2.05, 4.69) is 10.6 Å². The van der Waals surface area contributed by atoms with Gasteiger partial charge in [-0.3, -0.25) is 5.43 Å². The number of rotatable bonds is 0. The van der Waals surface area contributed by atoms with Crippen LogP contribution in [0.5, 0.6) is 0 Å². The van der Waals surface area contributed by atoms with Crippen LogP contribution in [0.2, 0.25) is 0 Å². The summed E-state index contributed by atoms with van der Waals surface area (Å²) in [5.41, 5.74) is 3.04. The molecule has 1 aliphatic heterocycles. The number of nitrogens with zero attached hydrogens (tertiary/aromatic N) is 2. The summed E-state index contributed by atoms with van der Waals surface area (Å²) in [6.45, 7) is 2.17. The van der Waals surface area contributed by atoms with Gasteiger partial charge in [0.2, 0.25) is 0 Å². The van der Waals surface area contributed by atoms with Gasteiger partial charge in [-0.1, -0.05) is 0 Å². The minimum atomic E-state index is 1.08. The van der Waals surface area contributed by atoms with Gasteiger partial charge in [0.25, 0.3) is 0 Å². The molecule has 2 heterocycles. The van der Waals surface area contributed by atoms with Crippen LogP contribution in [0.3, 0.4) is 0 Å². The highest BCUT2D eigenvalue weighted by Crippen LogP contribution is 1.91. The largest absolute Gasteiger partial charge is 0.292 e. The second-order valence-electron chi connectivity index (χ2n) is 1.44. The zero-order chi connectivity index (χ0) is 3.98. The summed E-state index contributed by atoms with van der Waals surface area (Å²) in [4.78, 5) is 3.86. The first-order valence-electron chi connectivity index (χ1n) is 2.04. The van der Waals surface area contributed by atoms with Crippen molar-refractivity contribution < 1.29 is 0 Å². The maximum Gasteiger partial charge on any atom is 0.0807 e. The van der Waals surface area contributed by atoms with E-state index in [-0.39, 0.29) is 0 Å². The number of aromatic nitrogens is 3. The van der Waals surface area contributed by atoms with E-state index in [0.717, 1.165) is 13.1 Å². The average molecular weight is 86.1 g/mol. The lowest BCUT2D eigenvalue weighted by Crippen LogP contribution is -2.03. The van der Waals surface area contributed by atoms with Gasteiger partial charge < -0.3 is 0 Å². The summed E-state index contributed by atoms with van der Waals surface area (Å²) >= 11 is 0. The van der Waals surface area contributed by atoms with Crippen LogP contribution in [0.25, 0.3) is 0 Å². The van der Waals surface area contributed by atoms with Crippen molar-refractivity contribution >= 4 is 0 Å². The Kier molecular flexibility index (Phi) is 0.202. The van der Waals surface area contributed by atoms with Crippen molar-refractivity contribution in [1.29, 1.82) is 0 Å². The minimum Gasteiger partial charge on any atom is -0.292 e. The van der Waals surface area contributed by atoms with Crippen LogP contribution in [0.4, 0.5) is 0 Å². The fraction of sp³-hybridized carbons (Fsp3) is 1.00. The lowest BCUT2D eigenvalue weighted by Gasteiger charge is -1.82. The third-order valence-electron chi connectivity index (χ3n) is 0.997. The van der Waals surface area contributed by atoms with E-state index in [1.165, 1.54) is 0 Å². The van der Waals surface area contributed by atoms with Crippen LogP contribution >= 0.6 is 0 Å². The van der Waals surface area contributed by atoms with Gasteiger partial charge in [0.15, 0.2) is 0 Å². The summed E-state index contributed by atoms with van der Waals surface area (Å²) < 4.78 is 0. The molecule has 0 bridgehead atoms. The maximum atomic E-state index is 3.04. The molecule has 4 heteroatoms. The third kappa shape index (κ3) is 0.123. The minimum absolute atomic E-state index is 1.08. The Balaban J connectivity index is 2.38. The molecule has 1 aromatic heterocycles. The van der Waals surface area contributed by atoms with E-state index >= 15 is 0 Å². The molecule has 34 valence electrons. The summed E-state index contributed by atoms with van der Waals surface area (Å²) in [7, 11) is 0. The smallest absolute Gasteiger partial charge is 0.0807 e. The Morgan fingerprint density at radius 1 is 1.50 bits per heavy atom. The van der Waals surface area contributed by atoms with E-state index in [4.69, 9.17) is 0 Å². The van der Waals surface area contributed by atoms with E-state index < -0.39 is 0 Å². The zero-order valence-corrected chi connectivity index (χ0v) is 3.31. The molecule has 0 saturated heterocycles. The first kappa shape index (κ1) is 2.39. The summed E-state index contributed by atoms with van der Waals surface area (Å²) in [6.07, 6.45) is 0. The van der Waals surface area contributed by atoms with Crippen LogP contribution in [-0.2, 0) is 6.54 Å². The SMILES string of the molecule is C1Cn2[nH]n2N1. The molecule has 1 aromatic rings. The van der Waals surface area contributed by atoms with Gasteiger partial charge >= 0.3 is 0 Å². The van der Waals surface area contributed by atoms with Crippen molar-refractivity contribution in [3.8, 4) is 0 Å². The molecule has 1 aliphatic rings. The molecular weight excluding hydrogens is 80.0 g/mol. The van der Waals surface area contributed by atoms with Crippen molar-refractivity contribution in [1.82, 2.24) is 14.9 Å². The normalized spacial score (nSPS) is 18.0. The van der Waals surface area contributed by atoms with E-state index in [9.17, 15) is 0 Å². The quantitative estimate of drug-likeness (QED) is 0.425. The number of aromatic amines is 1. The van der Waals surface area contributed by atoms with E-state index in [0.29, 0.717) is 0 Å². The van der Waals surface area contributed by atoms with Crippen molar-refractivity contribution in [2.45, 2.75) is 6.54 Å². The van der Waals surface area contributed by atoms with Crippen molar-refractivity contribution in [2.24, 2.45) is 0 Å². The fourth-order valence-electron chi connectivity index (χ4n) is 0.622. The molecule has 4 nitrogen and oxygen atoms in total. The van der Waals surface area contributed by atoms with Crippen LogP contribution in [0.1, 0.15) is 0 Å². The molecule has 0 aliphatic carbocycles. The van der Waals surface area contributed by atoms with Crippen LogP contribution in [-0.4, -0.2) is 21.5 Å². The number of nitrogens with one attached hydrogen (secondary N) is 2. The second kappa shape index (κ2) is 0.508. The molecular formula is C2H6N4. The molecule has 0 fully saturated rings. The highest BCUT2D eigenvalue weighted by Gasteiger charge is 2.10. The molecule has 2 rings (SSSR count). The van der Waals surface area contributed by atoms with Crippen LogP contribution in [0, 0.1) is 0 Å². The predicted molar refractivity (Wildman–Crippen MR) is 21.0 cm³/mol. The molecule has 0 atom stereocenters. The highest BCUT2D eigenvalue weighted by molar-refractivity contribution is 4.70. The Hall–Kier alpha value is -0.800. The van der Waals surface area contributed by atoms with Crippen LogP contribution < -0.4 is 5.43 Å². The molecule has 0 amide bonds. The lowest BCUT2D eigenvalue weighted by molar-refractivity contribution is 0.775. The van der Waals surface area contributed by atoms with Crippen molar-refractivity contribution in [3.63, 3.8) is 0 Å². The summed E-state index contributed by atoms with van der Waals surface area (Å²) in [6, 6.07) is 0. The summed E-state index contributed by atoms with van der Waals surface area (Å²) in [5.74, 6) is 0. The number of fused-ring (bicyclic) bond motifs is 1. The third-order valence-corrected chi connectivity index (χ3v) is 0.997. The lowest BCUT2D eigenvalue weighted by atomic mass is 10.7.